The highest BCUT2D eigenvalue weighted by atomic mass is 16.5. The number of carbonyl (C=O) groups excluding carboxylic acids is 1. The number of aromatic nitrogens is 2. The fraction of sp³-hybridized carbons (Fsp3) is 0.320. The number of benzene rings is 1. The molecule has 2 aromatic heterocycles. The van der Waals surface area contributed by atoms with Gasteiger partial charge in [-0.25, -0.2) is 0 Å². The van der Waals surface area contributed by atoms with Crippen molar-refractivity contribution in [1.29, 1.82) is 0 Å². The topological polar surface area (TPSA) is 55.3 Å². The van der Waals surface area contributed by atoms with Crippen molar-refractivity contribution in [3.05, 3.63) is 89.5 Å². The molecule has 5 heteroatoms. The molecule has 154 valence electrons. The van der Waals surface area contributed by atoms with Gasteiger partial charge in [0, 0.05) is 49.2 Å². The smallest absolute Gasteiger partial charge is 0.227 e. The molecule has 0 radical (unpaired) electrons. The zero-order chi connectivity index (χ0) is 20.8. The average Bonchev–Trinajstić information content (AvgIpc) is 2.80. The maximum Gasteiger partial charge on any atom is 0.227 e. The van der Waals surface area contributed by atoms with E-state index in [0.29, 0.717) is 6.42 Å². The normalized spacial score (nSPS) is 16.3. The average molecular weight is 402 g/mol. The van der Waals surface area contributed by atoms with Crippen molar-refractivity contribution in [2.24, 2.45) is 0 Å². The minimum absolute atomic E-state index is 0.179. The van der Waals surface area contributed by atoms with Crippen LogP contribution in [0.5, 0.6) is 5.75 Å². The van der Waals surface area contributed by atoms with Gasteiger partial charge < -0.3 is 9.64 Å². The number of pyridine rings is 2. The lowest BCUT2D eigenvalue weighted by molar-refractivity contribution is -0.131. The maximum absolute atomic E-state index is 12.8. The van der Waals surface area contributed by atoms with Crippen LogP contribution in [0.4, 0.5) is 0 Å². The van der Waals surface area contributed by atoms with Crippen molar-refractivity contribution < 1.29 is 9.53 Å². The molecule has 0 aliphatic carbocycles. The summed E-state index contributed by atoms with van der Waals surface area (Å²) in [4.78, 5) is 23.7. The van der Waals surface area contributed by atoms with E-state index in [-0.39, 0.29) is 11.8 Å². The predicted octanol–water partition coefficient (Wildman–Crippen LogP) is 4.02. The zero-order valence-electron chi connectivity index (χ0n) is 17.3. The summed E-state index contributed by atoms with van der Waals surface area (Å²) in [6.45, 7) is 1.56. The predicted molar refractivity (Wildman–Crippen MR) is 117 cm³/mol. The molecule has 0 unspecified atom stereocenters. The first-order chi connectivity index (χ1) is 14.7. The van der Waals surface area contributed by atoms with Crippen LogP contribution in [0.3, 0.4) is 0 Å². The Labute approximate surface area is 177 Å². The van der Waals surface area contributed by atoms with Gasteiger partial charge in [-0.2, -0.15) is 0 Å². The van der Waals surface area contributed by atoms with Gasteiger partial charge in [0.25, 0.3) is 0 Å². The number of carbonyl (C=O) groups is 1. The van der Waals surface area contributed by atoms with Crippen LogP contribution in [-0.2, 0) is 17.6 Å². The Balaban J connectivity index is 1.43. The van der Waals surface area contributed by atoms with Crippen molar-refractivity contribution in [2.45, 2.75) is 31.6 Å². The van der Waals surface area contributed by atoms with Crippen LogP contribution in [0.25, 0.3) is 0 Å². The minimum Gasteiger partial charge on any atom is -0.497 e. The maximum atomic E-state index is 12.8. The summed E-state index contributed by atoms with van der Waals surface area (Å²) in [6, 6.07) is 18.2. The number of ether oxygens (including phenoxy) is 1. The molecule has 3 aromatic rings. The van der Waals surface area contributed by atoms with E-state index in [1.54, 1.807) is 19.5 Å². The molecule has 1 fully saturated rings. The van der Waals surface area contributed by atoms with Gasteiger partial charge in [0.1, 0.15) is 5.75 Å². The van der Waals surface area contributed by atoms with Crippen LogP contribution in [0.15, 0.2) is 67.0 Å². The van der Waals surface area contributed by atoms with E-state index in [2.05, 4.69) is 35.3 Å². The first-order valence-corrected chi connectivity index (χ1v) is 10.5. The Morgan fingerprint density at radius 2 is 1.93 bits per heavy atom. The molecule has 0 spiro atoms. The second-order valence-corrected chi connectivity index (χ2v) is 7.79. The number of hydrogen-bond donors (Lipinski definition) is 0. The third kappa shape index (κ3) is 5.03. The molecule has 0 bridgehead atoms. The number of likely N-dealkylation sites (tertiary alicyclic amines) is 1. The number of rotatable bonds is 6. The first kappa shape index (κ1) is 20.1. The highest BCUT2D eigenvalue weighted by Gasteiger charge is 2.25. The van der Waals surface area contributed by atoms with Crippen LogP contribution in [0.2, 0.25) is 0 Å². The minimum atomic E-state index is 0.179. The van der Waals surface area contributed by atoms with E-state index >= 15 is 0 Å². The molecular formula is C25H27N3O2. The van der Waals surface area contributed by atoms with E-state index in [1.807, 2.05) is 29.2 Å². The van der Waals surface area contributed by atoms with Crippen LogP contribution < -0.4 is 4.74 Å². The Kier molecular flexibility index (Phi) is 6.38. The van der Waals surface area contributed by atoms with Gasteiger partial charge in [0.2, 0.25) is 5.91 Å². The lowest BCUT2D eigenvalue weighted by atomic mass is 9.93. The van der Waals surface area contributed by atoms with Crippen LogP contribution in [0.1, 0.15) is 41.3 Å². The molecule has 1 aliphatic rings. The van der Waals surface area contributed by atoms with E-state index < -0.39 is 0 Å². The lowest BCUT2D eigenvalue weighted by Gasteiger charge is -2.32. The van der Waals surface area contributed by atoms with Crippen LogP contribution in [0, 0.1) is 0 Å². The molecule has 1 aliphatic heterocycles. The Morgan fingerprint density at radius 3 is 2.77 bits per heavy atom. The SMILES string of the molecule is COc1cccc(Cc2cccc([C@@H]3CCCN(C(=O)Cc4ccncc4)C3)n2)c1. The third-order valence-corrected chi connectivity index (χ3v) is 5.64. The number of methoxy groups -OCH3 is 1. The Bertz CT molecular complexity index is 990. The summed E-state index contributed by atoms with van der Waals surface area (Å²) in [7, 11) is 1.68. The summed E-state index contributed by atoms with van der Waals surface area (Å²) in [6.07, 6.45) is 6.74. The van der Waals surface area contributed by atoms with Gasteiger partial charge in [-0.1, -0.05) is 18.2 Å². The molecule has 4 rings (SSSR count). The number of amides is 1. The molecule has 1 aromatic carbocycles. The van der Waals surface area contributed by atoms with Crippen molar-refractivity contribution in [3.8, 4) is 5.75 Å². The van der Waals surface area contributed by atoms with Crippen molar-refractivity contribution >= 4 is 5.91 Å². The van der Waals surface area contributed by atoms with Gasteiger partial charge in [-0.05, 0) is 60.4 Å². The second-order valence-electron chi connectivity index (χ2n) is 7.79. The van der Waals surface area contributed by atoms with E-state index in [1.165, 1.54) is 5.56 Å². The summed E-state index contributed by atoms with van der Waals surface area (Å²) >= 11 is 0. The Hall–Kier alpha value is -3.21. The summed E-state index contributed by atoms with van der Waals surface area (Å²) in [5, 5.41) is 0. The first-order valence-electron chi connectivity index (χ1n) is 10.5. The summed E-state index contributed by atoms with van der Waals surface area (Å²) in [5.74, 6) is 1.32. The van der Waals surface area contributed by atoms with E-state index in [9.17, 15) is 4.79 Å². The van der Waals surface area contributed by atoms with Gasteiger partial charge in [0.05, 0.1) is 13.5 Å². The highest BCUT2D eigenvalue weighted by Crippen LogP contribution is 2.27. The van der Waals surface area contributed by atoms with Crippen molar-refractivity contribution in [2.75, 3.05) is 20.2 Å². The molecule has 1 amide bonds. The highest BCUT2D eigenvalue weighted by molar-refractivity contribution is 5.78. The molecule has 30 heavy (non-hydrogen) atoms. The van der Waals surface area contributed by atoms with Gasteiger partial charge >= 0.3 is 0 Å². The van der Waals surface area contributed by atoms with E-state index in [0.717, 1.165) is 55.1 Å². The number of hydrogen-bond acceptors (Lipinski definition) is 4. The van der Waals surface area contributed by atoms with Gasteiger partial charge in [0.15, 0.2) is 0 Å². The second kappa shape index (κ2) is 9.53. The molecule has 5 nitrogen and oxygen atoms in total. The standard InChI is InChI=1S/C25H27N3O2/c1-30-23-8-2-5-20(16-23)15-22-7-3-9-24(27-22)21-6-4-14-28(18-21)25(29)17-19-10-12-26-13-11-19/h2-3,5,7-13,16,21H,4,6,14-15,17-18H2,1H3/t21-/m1/s1. The van der Waals surface area contributed by atoms with E-state index in [4.69, 9.17) is 9.72 Å². The van der Waals surface area contributed by atoms with Crippen LogP contribution in [-0.4, -0.2) is 41.0 Å². The fourth-order valence-electron chi connectivity index (χ4n) is 4.05. The van der Waals surface area contributed by atoms with Gasteiger partial charge in [-0.15, -0.1) is 0 Å². The van der Waals surface area contributed by atoms with Crippen LogP contribution >= 0.6 is 0 Å². The fourth-order valence-corrected chi connectivity index (χ4v) is 4.05. The molecule has 3 heterocycles. The zero-order valence-corrected chi connectivity index (χ0v) is 17.3. The molecular weight excluding hydrogens is 374 g/mol. The Morgan fingerprint density at radius 1 is 1.10 bits per heavy atom. The number of nitrogens with zero attached hydrogens (tertiary/aromatic N) is 3. The largest absolute Gasteiger partial charge is 0.497 e. The third-order valence-electron chi connectivity index (χ3n) is 5.64. The molecule has 1 atom stereocenters. The quantitative estimate of drug-likeness (QED) is 0.626. The molecule has 0 N–H and O–H groups in total. The summed E-state index contributed by atoms with van der Waals surface area (Å²) in [5.41, 5.74) is 4.31. The molecule has 0 saturated carbocycles. The lowest BCUT2D eigenvalue weighted by Crippen LogP contribution is -2.40. The monoisotopic (exact) mass is 401 g/mol. The summed E-state index contributed by atoms with van der Waals surface area (Å²) < 4.78 is 5.33. The molecule has 1 saturated heterocycles. The van der Waals surface area contributed by atoms with Crippen molar-refractivity contribution in [3.63, 3.8) is 0 Å². The number of piperidine rings is 1. The van der Waals surface area contributed by atoms with Gasteiger partial charge in [-0.3, -0.25) is 14.8 Å². The van der Waals surface area contributed by atoms with Crippen molar-refractivity contribution in [1.82, 2.24) is 14.9 Å².